The smallest absolute Gasteiger partial charge is 0.221 e. The molecule has 1 fully saturated rings. The molecule has 0 aromatic rings. The predicted octanol–water partition coefficient (Wildman–Crippen LogP) is 1.31. The molecule has 0 aromatic carbocycles. The van der Waals surface area contributed by atoms with E-state index >= 15 is 0 Å². The van der Waals surface area contributed by atoms with Crippen LogP contribution in [0.5, 0.6) is 0 Å². The first kappa shape index (κ1) is 9.12. The van der Waals surface area contributed by atoms with Gasteiger partial charge in [0, 0.05) is 6.42 Å². The van der Waals surface area contributed by atoms with E-state index < -0.39 is 0 Å². The van der Waals surface area contributed by atoms with Crippen LogP contribution in [0.1, 0.15) is 32.6 Å². The summed E-state index contributed by atoms with van der Waals surface area (Å²) in [4.78, 5) is 11.2. The first-order chi connectivity index (χ1) is 5.72. The molecule has 0 aliphatic heterocycles. The molecule has 1 atom stereocenters. The summed E-state index contributed by atoms with van der Waals surface area (Å²) in [5.74, 6) is 3.20. The average molecular weight is 165 g/mol. The van der Waals surface area contributed by atoms with Crippen molar-refractivity contribution in [1.82, 2.24) is 5.32 Å². The van der Waals surface area contributed by atoms with Crippen molar-refractivity contribution in [3.8, 4) is 12.3 Å². The van der Waals surface area contributed by atoms with E-state index in [1.165, 1.54) is 19.3 Å². The molecule has 1 N–H and O–H groups in total. The summed E-state index contributed by atoms with van der Waals surface area (Å²) in [6.07, 6.45) is 9.48. The quantitative estimate of drug-likeness (QED) is 0.628. The van der Waals surface area contributed by atoms with Gasteiger partial charge in [-0.3, -0.25) is 4.79 Å². The van der Waals surface area contributed by atoms with Crippen LogP contribution in [-0.2, 0) is 4.79 Å². The maximum atomic E-state index is 11.2. The van der Waals surface area contributed by atoms with Gasteiger partial charge in [0.05, 0.1) is 6.04 Å². The third-order valence-corrected chi connectivity index (χ3v) is 2.33. The van der Waals surface area contributed by atoms with Crippen molar-refractivity contribution in [3.05, 3.63) is 0 Å². The highest BCUT2D eigenvalue weighted by Gasteiger charge is 2.20. The van der Waals surface area contributed by atoms with E-state index in [9.17, 15) is 4.79 Å². The van der Waals surface area contributed by atoms with E-state index in [4.69, 9.17) is 6.42 Å². The Labute approximate surface area is 73.7 Å². The number of hydrogen-bond donors (Lipinski definition) is 1. The highest BCUT2D eigenvalue weighted by Crippen LogP contribution is 2.29. The predicted molar refractivity (Wildman–Crippen MR) is 48.4 cm³/mol. The number of nitrogens with one attached hydrogen (secondary N) is 1. The molecule has 12 heavy (non-hydrogen) atoms. The van der Waals surface area contributed by atoms with Crippen LogP contribution >= 0.6 is 0 Å². The number of terminal acetylenes is 1. The molecule has 0 saturated heterocycles. The van der Waals surface area contributed by atoms with Crippen molar-refractivity contribution in [1.29, 1.82) is 0 Å². The maximum Gasteiger partial charge on any atom is 0.221 e. The normalized spacial score (nSPS) is 19.0. The Bertz CT molecular complexity index is 200. The van der Waals surface area contributed by atoms with Crippen LogP contribution in [0.4, 0.5) is 0 Å². The van der Waals surface area contributed by atoms with Gasteiger partial charge in [0.15, 0.2) is 0 Å². The monoisotopic (exact) mass is 165 g/mol. The van der Waals surface area contributed by atoms with Crippen LogP contribution in [0.3, 0.4) is 0 Å². The molecular formula is C10H15NO. The van der Waals surface area contributed by atoms with E-state index in [-0.39, 0.29) is 11.9 Å². The minimum Gasteiger partial charge on any atom is -0.343 e. The topological polar surface area (TPSA) is 29.1 Å². The number of hydrogen-bond acceptors (Lipinski definition) is 1. The Balaban J connectivity index is 2.15. The van der Waals surface area contributed by atoms with Crippen LogP contribution < -0.4 is 5.32 Å². The van der Waals surface area contributed by atoms with E-state index in [1.54, 1.807) is 0 Å². The fraction of sp³-hybridized carbons (Fsp3) is 0.700. The molecule has 1 aliphatic rings. The molecule has 1 aliphatic carbocycles. The molecule has 2 nitrogen and oxygen atoms in total. The van der Waals surface area contributed by atoms with Gasteiger partial charge in [-0.25, -0.2) is 0 Å². The standard InChI is InChI=1S/C10H15NO/c1-3-8(2)11-10(12)7-9-5-4-6-9/h1,8-9H,4-7H2,2H3,(H,11,12). The molecule has 1 rings (SSSR count). The minimum absolute atomic E-state index is 0.102. The van der Waals surface area contributed by atoms with Gasteiger partial charge in [-0.15, -0.1) is 6.42 Å². The molecular weight excluding hydrogens is 150 g/mol. The zero-order valence-corrected chi connectivity index (χ0v) is 7.47. The molecule has 1 unspecified atom stereocenters. The lowest BCUT2D eigenvalue weighted by atomic mass is 9.83. The number of carbonyl (C=O) groups is 1. The number of rotatable bonds is 3. The Morgan fingerprint density at radius 3 is 2.83 bits per heavy atom. The SMILES string of the molecule is C#CC(C)NC(=O)CC1CCC1. The highest BCUT2D eigenvalue weighted by molar-refractivity contribution is 5.76. The summed E-state index contributed by atoms with van der Waals surface area (Å²) in [5, 5.41) is 2.75. The average Bonchev–Trinajstić information content (AvgIpc) is 1.97. The first-order valence-corrected chi connectivity index (χ1v) is 4.48. The summed E-state index contributed by atoms with van der Waals surface area (Å²) < 4.78 is 0. The summed E-state index contributed by atoms with van der Waals surface area (Å²) in [6, 6.07) is -0.127. The minimum atomic E-state index is -0.127. The van der Waals surface area contributed by atoms with Crippen LogP contribution in [0.15, 0.2) is 0 Å². The fourth-order valence-corrected chi connectivity index (χ4v) is 1.30. The van der Waals surface area contributed by atoms with Crippen molar-refractivity contribution in [2.45, 2.75) is 38.6 Å². The molecule has 0 aromatic heterocycles. The summed E-state index contributed by atoms with van der Waals surface area (Å²) >= 11 is 0. The van der Waals surface area contributed by atoms with Crippen molar-refractivity contribution in [3.63, 3.8) is 0 Å². The molecule has 1 amide bonds. The van der Waals surface area contributed by atoms with Gasteiger partial charge in [0.25, 0.3) is 0 Å². The second-order valence-corrected chi connectivity index (χ2v) is 3.46. The van der Waals surface area contributed by atoms with Crippen molar-refractivity contribution < 1.29 is 4.79 Å². The first-order valence-electron chi connectivity index (χ1n) is 4.48. The van der Waals surface area contributed by atoms with Gasteiger partial charge >= 0.3 is 0 Å². The summed E-state index contributed by atoms with van der Waals surface area (Å²) in [5.41, 5.74) is 0. The molecule has 0 bridgehead atoms. The molecule has 66 valence electrons. The number of carbonyl (C=O) groups excluding carboxylic acids is 1. The summed E-state index contributed by atoms with van der Waals surface area (Å²) in [7, 11) is 0. The van der Waals surface area contributed by atoms with Gasteiger partial charge in [-0.05, 0) is 25.7 Å². The molecule has 1 saturated carbocycles. The molecule has 2 heteroatoms. The Kier molecular flexibility index (Phi) is 3.16. The van der Waals surface area contributed by atoms with E-state index in [0.717, 1.165) is 0 Å². The van der Waals surface area contributed by atoms with Gasteiger partial charge in [0.1, 0.15) is 0 Å². The zero-order valence-electron chi connectivity index (χ0n) is 7.47. The van der Waals surface area contributed by atoms with E-state index in [1.807, 2.05) is 6.92 Å². The van der Waals surface area contributed by atoms with Crippen molar-refractivity contribution in [2.75, 3.05) is 0 Å². The Morgan fingerprint density at radius 1 is 1.75 bits per heavy atom. The Morgan fingerprint density at radius 2 is 2.42 bits per heavy atom. The summed E-state index contributed by atoms with van der Waals surface area (Å²) in [6.45, 7) is 1.82. The highest BCUT2D eigenvalue weighted by atomic mass is 16.1. The lowest BCUT2D eigenvalue weighted by Gasteiger charge is -2.24. The van der Waals surface area contributed by atoms with Gasteiger partial charge in [-0.1, -0.05) is 12.3 Å². The van der Waals surface area contributed by atoms with E-state index in [0.29, 0.717) is 12.3 Å². The fourth-order valence-electron chi connectivity index (χ4n) is 1.30. The van der Waals surface area contributed by atoms with Crippen LogP contribution in [-0.4, -0.2) is 11.9 Å². The maximum absolute atomic E-state index is 11.2. The van der Waals surface area contributed by atoms with Gasteiger partial charge < -0.3 is 5.32 Å². The van der Waals surface area contributed by atoms with Gasteiger partial charge in [0.2, 0.25) is 5.91 Å². The third-order valence-electron chi connectivity index (χ3n) is 2.33. The van der Waals surface area contributed by atoms with Crippen LogP contribution in [0, 0.1) is 18.3 Å². The number of amides is 1. The van der Waals surface area contributed by atoms with Crippen LogP contribution in [0.25, 0.3) is 0 Å². The Hall–Kier alpha value is -0.970. The van der Waals surface area contributed by atoms with Crippen molar-refractivity contribution >= 4 is 5.91 Å². The second kappa shape index (κ2) is 4.15. The third kappa shape index (κ3) is 2.58. The van der Waals surface area contributed by atoms with Crippen LogP contribution in [0.2, 0.25) is 0 Å². The lowest BCUT2D eigenvalue weighted by Crippen LogP contribution is -2.33. The zero-order chi connectivity index (χ0) is 8.97. The van der Waals surface area contributed by atoms with E-state index in [2.05, 4.69) is 11.2 Å². The largest absolute Gasteiger partial charge is 0.343 e. The molecule has 0 heterocycles. The lowest BCUT2D eigenvalue weighted by molar-refractivity contribution is -0.122. The second-order valence-electron chi connectivity index (χ2n) is 3.46. The van der Waals surface area contributed by atoms with Crippen molar-refractivity contribution in [2.24, 2.45) is 5.92 Å². The van der Waals surface area contributed by atoms with Gasteiger partial charge in [-0.2, -0.15) is 0 Å². The molecule has 0 spiro atoms. The molecule has 0 radical (unpaired) electrons.